The van der Waals surface area contributed by atoms with Gasteiger partial charge in [-0.3, -0.25) is 4.79 Å². The van der Waals surface area contributed by atoms with Crippen molar-refractivity contribution in [3.8, 4) is 0 Å². The van der Waals surface area contributed by atoms with Crippen LogP contribution in [0.25, 0.3) is 0 Å². The summed E-state index contributed by atoms with van der Waals surface area (Å²) in [5.74, 6) is -2.00. The molecule has 0 bridgehead atoms. The number of amides is 2. The number of aliphatic carboxylic acids is 1. The van der Waals surface area contributed by atoms with Crippen LogP contribution in [0, 0.1) is 11.8 Å². The number of carbonyl (C=O) groups excluding carboxylic acids is 1. The van der Waals surface area contributed by atoms with E-state index in [1.807, 2.05) is 5.32 Å². The lowest BCUT2D eigenvalue weighted by molar-refractivity contribution is -0.143. The Bertz CT molecular complexity index is 293. The molecular formula is C10H17F3N2O3. The number of halogens is 3. The van der Waals surface area contributed by atoms with Crippen molar-refractivity contribution in [1.82, 2.24) is 10.6 Å². The van der Waals surface area contributed by atoms with Gasteiger partial charge in [-0.1, -0.05) is 13.8 Å². The molecule has 0 saturated heterocycles. The van der Waals surface area contributed by atoms with Crippen LogP contribution in [0.3, 0.4) is 0 Å². The van der Waals surface area contributed by atoms with Gasteiger partial charge >= 0.3 is 18.2 Å². The molecule has 0 aliphatic carbocycles. The van der Waals surface area contributed by atoms with Gasteiger partial charge in [0, 0.05) is 13.1 Å². The van der Waals surface area contributed by atoms with Crippen LogP contribution < -0.4 is 10.6 Å². The molecule has 0 saturated carbocycles. The smallest absolute Gasteiger partial charge is 0.390 e. The number of hydrogen-bond acceptors (Lipinski definition) is 2. The van der Waals surface area contributed by atoms with E-state index in [1.54, 1.807) is 13.8 Å². The molecule has 106 valence electrons. The Morgan fingerprint density at radius 1 is 1.22 bits per heavy atom. The summed E-state index contributed by atoms with van der Waals surface area (Å²) in [5.41, 5.74) is 0. The normalized spacial score (nSPS) is 13.2. The largest absolute Gasteiger partial charge is 0.481 e. The lowest BCUT2D eigenvalue weighted by Crippen LogP contribution is -2.42. The minimum Gasteiger partial charge on any atom is -0.481 e. The number of carbonyl (C=O) groups is 2. The summed E-state index contributed by atoms with van der Waals surface area (Å²) in [6.45, 7) is 2.71. The maximum Gasteiger partial charge on any atom is 0.390 e. The third-order valence-corrected chi connectivity index (χ3v) is 2.30. The maximum atomic E-state index is 11.8. The Kier molecular flexibility index (Phi) is 6.50. The zero-order chi connectivity index (χ0) is 14.3. The van der Waals surface area contributed by atoms with Crippen molar-refractivity contribution in [2.24, 2.45) is 11.8 Å². The molecule has 0 spiro atoms. The lowest BCUT2D eigenvalue weighted by atomic mass is 9.96. The molecule has 0 aromatic heterocycles. The molecule has 1 atom stereocenters. The van der Waals surface area contributed by atoms with Gasteiger partial charge in [0.25, 0.3) is 0 Å². The summed E-state index contributed by atoms with van der Waals surface area (Å²) >= 11 is 0. The van der Waals surface area contributed by atoms with E-state index in [4.69, 9.17) is 5.11 Å². The third-order valence-electron chi connectivity index (χ3n) is 2.30. The van der Waals surface area contributed by atoms with Crippen LogP contribution in [0.1, 0.15) is 20.3 Å². The van der Waals surface area contributed by atoms with Crippen LogP contribution in [0.2, 0.25) is 0 Å². The Morgan fingerprint density at radius 2 is 1.78 bits per heavy atom. The maximum absolute atomic E-state index is 11.8. The standard InChI is InChI=1S/C10H17F3N2O3/c1-6(2)7(8(16)17)5-15-9(18)14-4-3-10(11,12)13/h6-7H,3-5H2,1-2H3,(H,16,17)(H2,14,15,18). The van der Waals surface area contributed by atoms with Gasteiger partial charge in [-0.25, -0.2) is 4.79 Å². The van der Waals surface area contributed by atoms with Gasteiger partial charge in [0.1, 0.15) is 0 Å². The second-order valence-electron chi connectivity index (χ2n) is 4.19. The van der Waals surface area contributed by atoms with E-state index < -0.39 is 37.1 Å². The summed E-state index contributed by atoms with van der Waals surface area (Å²) in [5, 5.41) is 13.1. The van der Waals surface area contributed by atoms with E-state index >= 15 is 0 Å². The van der Waals surface area contributed by atoms with Crippen molar-refractivity contribution in [1.29, 1.82) is 0 Å². The molecule has 18 heavy (non-hydrogen) atoms. The molecule has 0 rings (SSSR count). The molecule has 0 heterocycles. The van der Waals surface area contributed by atoms with E-state index in [9.17, 15) is 22.8 Å². The van der Waals surface area contributed by atoms with E-state index in [0.29, 0.717) is 0 Å². The highest BCUT2D eigenvalue weighted by Crippen LogP contribution is 2.18. The van der Waals surface area contributed by atoms with Gasteiger partial charge in [-0.2, -0.15) is 13.2 Å². The van der Waals surface area contributed by atoms with E-state index in [2.05, 4.69) is 5.32 Å². The summed E-state index contributed by atoms with van der Waals surface area (Å²) in [4.78, 5) is 21.9. The first-order valence-electron chi connectivity index (χ1n) is 5.44. The van der Waals surface area contributed by atoms with Crippen LogP contribution in [-0.2, 0) is 4.79 Å². The highest BCUT2D eigenvalue weighted by Gasteiger charge is 2.27. The zero-order valence-corrected chi connectivity index (χ0v) is 10.2. The number of alkyl halides is 3. The number of urea groups is 1. The number of nitrogens with one attached hydrogen (secondary N) is 2. The number of rotatable bonds is 6. The summed E-state index contributed by atoms with van der Waals surface area (Å²) < 4.78 is 35.3. The first kappa shape index (κ1) is 16.5. The number of carboxylic acid groups (broad SMARTS) is 1. The van der Waals surface area contributed by atoms with Crippen LogP contribution >= 0.6 is 0 Å². The van der Waals surface area contributed by atoms with Gasteiger partial charge in [0.2, 0.25) is 0 Å². The van der Waals surface area contributed by atoms with Crippen molar-refractivity contribution in [3.63, 3.8) is 0 Å². The summed E-state index contributed by atoms with van der Waals surface area (Å²) in [7, 11) is 0. The Balaban J connectivity index is 3.92. The molecule has 0 aromatic carbocycles. The van der Waals surface area contributed by atoms with Gasteiger partial charge < -0.3 is 15.7 Å². The first-order valence-corrected chi connectivity index (χ1v) is 5.44. The molecule has 1 unspecified atom stereocenters. The predicted octanol–water partition coefficient (Wildman–Crippen LogP) is 1.59. The molecule has 2 amide bonds. The molecule has 0 aromatic rings. The second kappa shape index (κ2) is 7.07. The fraction of sp³-hybridized carbons (Fsp3) is 0.800. The lowest BCUT2D eigenvalue weighted by Gasteiger charge is -2.17. The molecule has 8 heteroatoms. The monoisotopic (exact) mass is 270 g/mol. The molecule has 0 radical (unpaired) electrons. The van der Waals surface area contributed by atoms with E-state index in [-0.39, 0.29) is 12.5 Å². The summed E-state index contributed by atoms with van der Waals surface area (Å²) in [6, 6.07) is -0.800. The highest BCUT2D eigenvalue weighted by atomic mass is 19.4. The molecule has 0 fully saturated rings. The molecule has 3 N–H and O–H groups in total. The van der Waals surface area contributed by atoms with Crippen LogP contribution in [0.5, 0.6) is 0 Å². The Morgan fingerprint density at radius 3 is 2.17 bits per heavy atom. The van der Waals surface area contributed by atoms with Gasteiger partial charge in [-0.15, -0.1) is 0 Å². The van der Waals surface area contributed by atoms with E-state index in [0.717, 1.165) is 0 Å². The molecule has 0 aliphatic heterocycles. The van der Waals surface area contributed by atoms with Gasteiger partial charge in [0.05, 0.1) is 12.3 Å². The highest BCUT2D eigenvalue weighted by molar-refractivity contribution is 5.75. The van der Waals surface area contributed by atoms with Crippen molar-refractivity contribution < 1.29 is 27.9 Å². The average Bonchev–Trinajstić information content (AvgIpc) is 2.14. The quantitative estimate of drug-likeness (QED) is 0.686. The van der Waals surface area contributed by atoms with Crippen molar-refractivity contribution in [3.05, 3.63) is 0 Å². The van der Waals surface area contributed by atoms with Crippen molar-refractivity contribution >= 4 is 12.0 Å². The van der Waals surface area contributed by atoms with Gasteiger partial charge in [-0.05, 0) is 5.92 Å². The van der Waals surface area contributed by atoms with Crippen LogP contribution in [0.4, 0.5) is 18.0 Å². The second-order valence-corrected chi connectivity index (χ2v) is 4.19. The van der Waals surface area contributed by atoms with Crippen LogP contribution in [-0.4, -0.2) is 36.4 Å². The Labute approximate surface area is 103 Å². The molecule has 0 aliphatic rings. The molecule has 5 nitrogen and oxygen atoms in total. The SMILES string of the molecule is CC(C)C(CNC(=O)NCCC(F)(F)F)C(=O)O. The topological polar surface area (TPSA) is 78.4 Å². The average molecular weight is 270 g/mol. The van der Waals surface area contributed by atoms with Gasteiger partial charge in [0.15, 0.2) is 0 Å². The van der Waals surface area contributed by atoms with Crippen LogP contribution in [0.15, 0.2) is 0 Å². The Hall–Kier alpha value is -1.47. The summed E-state index contributed by atoms with van der Waals surface area (Å²) in [6.07, 6.45) is -5.44. The van der Waals surface area contributed by atoms with Crippen molar-refractivity contribution in [2.75, 3.05) is 13.1 Å². The molecular weight excluding hydrogens is 253 g/mol. The predicted molar refractivity (Wildman–Crippen MR) is 58.0 cm³/mol. The van der Waals surface area contributed by atoms with E-state index in [1.165, 1.54) is 0 Å². The zero-order valence-electron chi connectivity index (χ0n) is 10.2. The van der Waals surface area contributed by atoms with Crippen molar-refractivity contribution in [2.45, 2.75) is 26.4 Å². The minimum absolute atomic E-state index is 0.120. The number of hydrogen-bond donors (Lipinski definition) is 3. The third kappa shape index (κ3) is 7.75. The fourth-order valence-corrected chi connectivity index (χ4v) is 1.19. The number of carboxylic acids is 1. The first-order chi connectivity index (χ1) is 8.13. The fourth-order valence-electron chi connectivity index (χ4n) is 1.19. The minimum atomic E-state index is -4.32.